The lowest BCUT2D eigenvalue weighted by atomic mass is 9.91. The number of oxime groups is 1. The molecule has 0 aromatic heterocycles. The molecule has 3 heteroatoms. The molecular formula is C19H20N2O. The summed E-state index contributed by atoms with van der Waals surface area (Å²) in [6, 6.07) is 21.0. The van der Waals surface area contributed by atoms with Crippen LogP contribution in [0.3, 0.4) is 0 Å². The van der Waals surface area contributed by atoms with E-state index in [-0.39, 0.29) is 6.04 Å². The smallest absolute Gasteiger partial charge is 0.0832 e. The zero-order valence-electron chi connectivity index (χ0n) is 12.5. The summed E-state index contributed by atoms with van der Waals surface area (Å²) in [5.41, 5.74) is 3.28. The Morgan fingerprint density at radius 2 is 1.45 bits per heavy atom. The summed E-state index contributed by atoms with van der Waals surface area (Å²) in [5, 5.41) is 13.3. The van der Waals surface area contributed by atoms with Gasteiger partial charge in [-0.15, -0.1) is 0 Å². The third-order valence-electron chi connectivity index (χ3n) is 5.10. The first kappa shape index (κ1) is 13.4. The molecule has 0 spiro atoms. The molecule has 2 aliphatic rings. The summed E-state index contributed by atoms with van der Waals surface area (Å²) < 4.78 is 0. The van der Waals surface area contributed by atoms with Gasteiger partial charge in [0.25, 0.3) is 0 Å². The van der Waals surface area contributed by atoms with E-state index < -0.39 is 0 Å². The van der Waals surface area contributed by atoms with Gasteiger partial charge in [-0.3, -0.25) is 0 Å². The van der Waals surface area contributed by atoms with Crippen molar-refractivity contribution in [1.29, 1.82) is 0 Å². The molecule has 2 aromatic rings. The maximum Gasteiger partial charge on any atom is 0.0832 e. The van der Waals surface area contributed by atoms with Crippen LogP contribution >= 0.6 is 0 Å². The standard InChI is InChI=1S/C19H20N2O/c22-20-18-14-11-12-15(13-14)19(18)21(16-7-3-1-4-8-16)17-9-5-2-6-10-17/h1-10,14-15,19,22H,11-13H2/b20-18-/t14-,15-,19+/m0/s1. The van der Waals surface area contributed by atoms with Crippen molar-refractivity contribution >= 4 is 17.1 Å². The largest absolute Gasteiger partial charge is 0.411 e. The first-order valence-corrected chi connectivity index (χ1v) is 7.99. The molecule has 2 saturated carbocycles. The molecule has 2 aromatic carbocycles. The third kappa shape index (κ3) is 2.08. The van der Waals surface area contributed by atoms with E-state index in [2.05, 4.69) is 58.6 Å². The molecule has 2 fully saturated rings. The summed E-state index contributed by atoms with van der Waals surface area (Å²) in [5.74, 6) is 1.03. The highest BCUT2D eigenvalue weighted by Crippen LogP contribution is 2.47. The highest BCUT2D eigenvalue weighted by Gasteiger charge is 2.48. The maximum absolute atomic E-state index is 9.56. The molecule has 1 N–H and O–H groups in total. The van der Waals surface area contributed by atoms with E-state index >= 15 is 0 Å². The third-order valence-corrected chi connectivity index (χ3v) is 5.10. The van der Waals surface area contributed by atoms with Gasteiger partial charge in [0.05, 0.1) is 11.8 Å². The fourth-order valence-corrected chi connectivity index (χ4v) is 4.19. The van der Waals surface area contributed by atoms with Gasteiger partial charge < -0.3 is 10.1 Å². The zero-order valence-corrected chi connectivity index (χ0v) is 12.5. The van der Waals surface area contributed by atoms with Crippen LogP contribution in [0.4, 0.5) is 11.4 Å². The van der Waals surface area contributed by atoms with Crippen LogP contribution in [0.2, 0.25) is 0 Å². The molecule has 2 bridgehead atoms. The molecule has 22 heavy (non-hydrogen) atoms. The molecule has 0 radical (unpaired) electrons. The second-order valence-electron chi connectivity index (χ2n) is 6.28. The Hall–Kier alpha value is -2.29. The number of hydrogen-bond acceptors (Lipinski definition) is 3. The Bertz CT molecular complexity index is 629. The number of rotatable bonds is 3. The summed E-state index contributed by atoms with van der Waals surface area (Å²) in [6.07, 6.45) is 3.54. The van der Waals surface area contributed by atoms with E-state index in [1.54, 1.807) is 0 Å². The van der Waals surface area contributed by atoms with Crippen LogP contribution in [0.25, 0.3) is 0 Å². The van der Waals surface area contributed by atoms with Crippen molar-refractivity contribution in [3.8, 4) is 0 Å². The van der Waals surface area contributed by atoms with E-state index in [4.69, 9.17) is 0 Å². The molecule has 0 heterocycles. The molecule has 2 aliphatic carbocycles. The summed E-state index contributed by atoms with van der Waals surface area (Å²) >= 11 is 0. The fraction of sp³-hybridized carbons (Fsp3) is 0.316. The molecule has 0 amide bonds. The predicted molar refractivity (Wildman–Crippen MR) is 88.9 cm³/mol. The van der Waals surface area contributed by atoms with Crippen molar-refractivity contribution in [2.45, 2.75) is 25.3 Å². The SMILES string of the molecule is O/N=C1/[C@H]2CC[C@@H](C2)[C@H]1N(c1ccccc1)c1ccccc1. The monoisotopic (exact) mass is 292 g/mol. The van der Waals surface area contributed by atoms with E-state index in [0.717, 1.165) is 29.9 Å². The van der Waals surface area contributed by atoms with Crippen LogP contribution in [0.1, 0.15) is 19.3 Å². The van der Waals surface area contributed by atoms with Crippen LogP contribution in [-0.4, -0.2) is 17.0 Å². The van der Waals surface area contributed by atoms with E-state index in [1.807, 2.05) is 12.1 Å². The Kier molecular flexibility index (Phi) is 3.34. The Balaban J connectivity index is 1.81. The number of nitrogens with zero attached hydrogens (tertiary/aromatic N) is 2. The summed E-state index contributed by atoms with van der Waals surface area (Å²) in [6.45, 7) is 0. The van der Waals surface area contributed by atoms with Gasteiger partial charge in [0, 0.05) is 17.3 Å². The Labute approximate surface area is 130 Å². The fourth-order valence-electron chi connectivity index (χ4n) is 4.19. The molecule has 0 saturated heterocycles. The maximum atomic E-state index is 9.56. The zero-order chi connectivity index (χ0) is 14.9. The van der Waals surface area contributed by atoms with E-state index in [1.165, 1.54) is 6.42 Å². The molecule has 0 aliphatic heterocycles. The lowest BCUT2D eigenvalue weighted by Crippen LogP contribution is -2.42. The number of para-hydroxylation sites is 2. The number of benzene rings is 2. The van der Waals surface area contributed by atoms with Crippen LogP contribution in [0.5, 0.6) is 0 Å². The highest BCUT2D eigenvalue weighted by atomic mass is 16.4. The first-order chi connectivity index (χ1) is 10.9. The van der Waals surface area contributed by atoms with Crippen molar-refractivity contribution in [2.75, 3.05) is 4.90 Å². The summed E-state index contributed by atoms with van der Waals surface area (Å²) in [7, 11) is 0. The van der Waals surface area contributed by atoms with Crippen LogP contribution in [-0.2, 0) is 0 Å². The van der Waals surface area contributed by atoms with Gasteiger partial charge >= 0.3 is 0 Å². The van der Waals surface area contributed by atoms with Gasteiger partial charge in [-0.05, 0) is 49.4 Å². The average molecular weight is 292 g/mol. The second kappa shape index (κ2) is 5.48. The van der Waals surface area contributed by atoms with Crippen molar-refractivity contribution in [3.05, 3.63) is 60.7 Å². The Morgan fingerprint density at radius 3 is 2.00 bits per heavy atom. The Morgan fingerprint density at radius 1 is 0.864 bits per heavy atom. The predicted octanol–water partition coefficient (Wildman–Crippen LogP) is 4.45. The lowest BCUT2D eigenvalue weighted by molar-refractivity contribution is 0.311. The minimum atomic E-state index is 0.175. The highest BCUT2D eigenvalue weighted by molar-refractivity contribution is 5.98. The van der Waals surface area contributed by atoms with Crippen molar-refractivity contribution in [3.63, 3.8) is 0 Å². The van der Waals surface area contributed by atoms with Gasteiger partial charge in [0.1, 0.15) is 0 Å². The lowest BCUT2D eigenvalue weighted by Gasteiger charge is -2.36. The minimum absolute atomic E-state index is 0.175. The number of fused-ring (bicyclic) bond motifs is 2. The average Bonchev–Trinajstić information content (AvgIpc) is 3.18. The van der Waals surface area contributed by atoms with Gasteiger partial charge in [-0.2, -0.15) is 0 Å². The van der Waals surface area contributed by atoms with Gasteiger partial charge in [-0.1, -0.05) is 41.6 Å². The minimum Gasteiger partial charge on any atom is -0.411 e. The molecule has 4 rings (SSSR count). The second-order valence-corrected chi connectivity index (χ2v) is 6.28. The van der Waals surface area contributed by atoms with Gasteiger partial charge in [0.15, 0.2) is 0 Å². The molecule has 112 valence electrons. The number of anilines is 2. The van der Waals surface area contributed by atoms with Gasteiger partial charge in [-0.25, -0.2) is 0 Å². The normalized spacial score (nSPS) is 28.2. The number of hydrogen-bond donors (Lipinski definition) is 1. The van der Waals surface area contributed by atoms with E-state index in [9.17, 15) is 5.21 Å². The van der Waals surface area contributed by atoms with Crippen LogP contribution in [0.15, 0.2) is 65.8 Å². The van der Waals surface area contributed by atoms with Crippen LogP contribution < -0.4 is 4.90 Å². The van der Waals surface area contributed by atoms with Crippen molar-refractivity contribution < 1.29 is 5.21 Å². The summed E-state index contributed by atoms with van der Waals surface area (Å²) in [4.78, 5) is 2.35. The first-order valence-electron chi connectivity index (χ1n) is 7.99. The molecule has 3 atom stereocenters. The van der Waals surface area contributed by atoms with Crippen molar-refractivity contribution in [1.82, 2.24) is 0 Å². The van der Waals surface area contributed by atoms with Gasteiger partial charge in [0.2, 0.25) is 0 Å². The van der Waals surface area contributed by atoms with Crippen LogP contribution in [0, 0.1) is 11.8 Å². The van der Waals surface area contributed by atoms with Crippen molar-refractivity contribution in [2.24, 2.45) is 17.0 Å². The molecular weight excluding hydrogens is 272 g/mol. The van der Waals surface area contributed by atoms with E-state index in [0.29, 0.717) is 11.8 Å². The molecule has 3 nitrogen and oxygen atoms in total. The topological polar surface area (TPSA) is 35.8 Å². The molecule has 0 unspecified atom stereocenters. The quantitative estimate of drug-likeness (QED) is 0.670.